The fraction of sp³-hybridized carbons (Fsp3) is 0.105. The van der Waals surface area contributed by atoms with Gasteiger partial charge in [-0.25, -0.2) is 9.97 Å². The van der Waals surface area contributed by atoms with Crippen molar-refractivity contribution in [2.45, 2.75) is 5.16 Å². The largest absolute Gasteiger partial charge is 0.510 e. The third-order valence-corrected chi connectivity index (χ3v) is 5.15. The lowest BCUT2D eigenvalue weighted by atomic mass is 10.2. The van der Waals surface area contributed by atoms with Crippen LogP contribution in [0.1, 0.15) is 5.82 Å². The number of aliphatic hydroxyl groups is 1. The number of fused-ring (bicyclic) bond motifs is 2. The van der Waals surface area contributed by atoms with Gasteiger partial charge in [-0.1, -0.05) is 36.0 Å². The molecule has 2 N–H and O–H groups in total. The minimum absolute atomic E-state index is 0.0244. The van der Waals surface area contributed by atoms with E-state index in [1.165, 1.54) is 11.8 Å². The summed E-state index contributed by atoms with van der Waals surface area (Å²) in [6.07, 6.45) is 0. The zero-order valence-corrected chi connectivity index (χ0v) is 14.8. The Morgan fingerprint density at radius 2 is 1.88 bits per heavy atom. The highest BCUT2D eigenvalue weighted by Gasteiger charge is 2.15. The van der Waals surface area contributed by atoms with Crippen LogP contribution in [0.5, 0.6) is 0 Å². The molecule has 26 heavy (non-hydrogen) atoms. The quantitative estimate of drug-likeness (QED) is 0.325. The van der Waals surface area contributed by atoms with Gasteiger partial charge in [-0.05, 0) is 24.3 Å². The Morgan fingerprint density at radius 1 is 1.15 bits per heavy atom. The summed E-state index contributed by atoms with van der Waals surface area (Å²) in [7, 11) is 1.93. The van der Waals surface area contributed by atoms with Crippen molar-refractivity contribution in [2.24, 2.45) is 7.05 Å². The zero-order valence-electron chi connectivity index (χ0n) is 14.0. The highest BCUT2D eigenvalue weighted by atomic mass is 32.2. The Morgan fingerprint density at radius 3 is 2.62 bits per heavy atom. The predicted molar refractivity (Wildman–Crippen MR) is 103 cm³/mol. The van der Waals surface area contributed by atoms with E-state index in [9.17, 15) is 10.4 Å². The first-order valence-electron chi connectivity index (χ1n) is 7.99. The molecular weight excluding hydrogens is 346 g/mol. The molecule has 0 aliphatic heterocycles. The van der Waals surface area contributed by atoms with E-state index >= 15 is 0 Å². The Labute approximate surface area is 153 Å². The van der Waals surface area contributed by atoms with Crippen LogP contribution in [0.25, 0.3) is 27.6 Å². The first-order chi connectivity index (χ1) is 12.7. The van der Waals surface area contributed by atoms with Gasteiger partial charge in [0.05, 0.1) is 27.8 Å². The van der Waals surface area contributed by atoms with Crippen LogP contribution in [0.2, 0.25) is 0 Å². The molecule has 7 heteroatoms. The molecule has 2 aromatic carbocycles. The maximum Gasteiger partial charge on any atom is 0.169 e. The van der Waals surface area contributed by atoms with Gasteiger partial charge < -0.3 is 14.7 Å². The summed E-state index contributed by atoms with van der Waals surface area (Å²) < 4.78 is 1.97. The van der Waals surface area contributed by atoms with E-state index in [2.05, 4.69) is 21.0 Å². The summed E-state index contributed by atoms with van der Waals surface area (Å²) in [6, 6.07) is 17.4. The number of aromatic amines is 1. The molecule has 4 aromatic rings. The molecule has 0 saturated heterocycles. The second-order valence-electron chi connectivity index (χ2n) is 5.77. The number of H-pyrrole nitrogens is 1. The molecule has 0 fully saturated rings. The Kier molecular flexibility index (Phi) is 4.11. The van der Waals surface area contributed by atoms with Crippen molar-refractivity contribution in [2.75, 3.05) is 5.75 Å². The third kappa shape index (κ3) is 2.80. The van der Waals surface area contributed by atoms with E-state index in [0.29, 0.717) is 5.82 Å². The predicted octanol–water partition coefficient (Wildman–Crippen LogP) is 4.03. The van der Waals surface area contributed by atoms with Crippen molar-refractivity contribution in [1.82, 2.24) is 19.5 Å². The van der Waals surface area contributed by atoms with Gasteiger partial charge >= 0.3 is 0 Å². The Bertz CT molecular complexity index is 1150. The molecule has 128 valence electrons. The van der Waals surface area contributed by atoms with Crippen molar-refractivity contribution >= 4 is 39.4 Å². The van der Waals surface area contributed by atoms with Crippen molar-refractivity contribution in [3.63, 3.8) is 0 Å². The van der Waals surface area contributed by atoms with Crippen LogP contribution in [-0.2, 0) is 7.05 Å². The van der Waals surface area contributed by atoms with Gasteiger partial charge in [-0.2, -0.15) is 5.26 Å². The molecular formula is C19H15N5OS. The number of thioether (sulfide) groups is 1. The van der Waals surface area contributed by atoms with Gasteiger partial charge in [0.2, 0.25) is 0 Å². The molecule has 0 bridgehead atoms. The molecule has 0 saturated carbocycles. The first kappa shape index (κ1) is 16.2. The third-order valence-electron chi connectivity index (χ3n) is 4.11. The van der Waals surface area contributed by atoms with Crippen LogP contribution in [0.3, 0.4) is 0 Å². The van der Waals surface area contributed by atoms with Gasteiger partial charge in [0.15, 0.2) is 11.0 Å². The van der Waals surface area contributed by atoms with Crippen molar-refractivity contribution < 1.29 is 5.11 Å². The van der Waals surface area contributed by atoms with Gasteiger partial charge in [0.1, 0.15) is 17.4 Å². The number of allylic oxidation sites excluding steroid dienone is 1. The van der Waals surface area contributed by atoms with Gasteiger partial charge in [0.25, 0.3) is 0 Å². The summed E-state index contributed by atoms with van der Waals surface area (Å²) in [5.74, 6) is 0.581. The van der Waals surface area contributed by atoms with E-state index in [1.54, 1.807) is 0 Å². The van der Waals surface area contributed by atoms with Crippen LogP contribution in [-0.4, -0.2) is 30.4 Å². The number of hydrogen-bond donors (Lipinski definition) is 2. The molecule has 0 aliphatic carbocycles. The fourth-order valence-electron chi connectivity index (χ4n) is 2.78. The van der Waals surface area contributed by atoms with Crippen molar-refractivity contribution in [1.29, 1.82) is 5.26 Å². The lowest BCUT2D eigenvalue weighted by molar-refractivity contribution is 0.420. The second-order valence-corrected chi connectivity index (χ2v) is 6.71. The number of rotatable bonds is 4. The molecule has 2 aromatic heterocycles. The Balaban J connectivity index is 1.63. The maximum absolute atomic E-state index is 10.5. The molecule has 2 heterocycles. The number of imidazole rings is 2. The number of aliphatic hydroxyl groups excluding tert-OH is 1. The normalized spacial score (nSPS) is 12.3. The number of aryl methyl sites for hydroxylation is 1. The summed E-state index contributed by atoms with van der Waals surface area (Å²) in [4.78, 5) is 12.0. The number of nitriles is 1. The van der Waals surface area contributed by atoms with E-state index in [0.717, 1.165) is 27.2 Å². The van der Waals surface area contributed by atoms with Crippen LogP contribution in [0.4, 0.5) is 0 Å². The number of aromatic nitrogens is 4. The highest BCUT2D eigenvalue weighted by Crippen LogP contribution is 2.26. The summed E-state index contributed by atoms with van der Waals surface area (Å²) in [5.41, 5.74) is 3.65. The van der Waals surface area contributed by atoms with E-state index < -0.39 is 0 Å². The number of nitrogens with one attached hydrogen (secondary N) is 1. The van der Waals surface area contributed by atoms with E-state index in [-0.39, 0.29) is 17.1 Å². The van der Waals surface area contributed by atoms with Crippen LogP contribution >= 0.6 is 11.8 Å². The number of benzene rings is 2. The molecule has 0 aliphatic rings. The SMILES string of the molecule is Cn1c(SCC(O)=C(C#N)c2nc3ccccc3[nH]2)nc2ccccc21. The molecule has 0 atom stereocenters. The van der Waals surface area contributed by atoms with Gasteiger partial charge in [-0.15, -0.1) is 0 Å². The van der Waals surface area contributed by atoms with Crippen molar-refractivity contribution in [3.05, 3.63) is 60.1 Å². The summed E-state index contributed by atoms with van der Waals surface area (Å²) in [5, 5.41) is 20.7. The zero-order chi connectivity index (χ0) is 18.1. The average molecular weight is 361 g/mol. The molecule has 0 unspecified atom stereocenters. The van der Waals surface area contributed by atoms with Crippen LogP contribution in [0.15, 0.2) is 59.4 Å². The van der Waals surface area contributed by atoms with Gasteiger partial charge in [0, 0.05) is 7.05 Å². The van der Waals surface area contributed by atoms with Crippen LogP contribution < -0.4 is 0 Å². The maximum atomic E-state index is 10.5. The molecule has 6 nitrogen and oxygen atoms in total. The van der Waals surface area contributed by atoms with Crippen molar-refractivity contribution in [3.8, 4) is 6.07 Å². The molecule has 0 amide bonds. The van der Waals surface area contributed by atoms with Gasteiger partial charge in [-0.3, -0.25) is 0 Å². The second kappa shape index (κ2) is 6.58. The topological polar surface area (TPSA) is 90.5 Å². The Hall–Kier alpha value is -3.24. The first-order valence-corrected chi connectivity index (χ1v) is 8.97. The smallest absolute Gasteiger partial charge is 0.169 e. The average Bonchev–Trinajstić information content (AvgIpc) is 3.22. The lowest BCUT2D eigenvalue weighted by Crippen LogP contribution is -1.97. The molecule has 0 radical (unpaired) electrons. The standard InChI is InChI=1S/C19H15N5OS/c1-24-16-9-5-4-8-15(16)23-19(24)26-11-17(25)12(10-20)18-21-13-6-2-3-7-14(13)22-18/h2-9,25H,11H2,1H3,(H,21,22). The number of nitrogens with zero attached hydrogens (tertiary/aromatic N) is 4. The monoisotopic (exact) mass is 361 g/mol. The molecule has 0 spiro atoms. The van der Waals surface area contributed by atoms with Crippen LogP contribution in [0, 0.1) is 11.3 Å². The minimum Gasteiger partial charge on any atom is -0.510 e. The number of para-hydroxylation sites is 4. The minimum atomic E-state index is -0.0244. The number of hydrogen-bond acceptors (Lipinski definition) is 5. The lowest BCUT2D eigenvalue weighted by Gasteiger charge is -2.03. The van der Waals surface area contributed by atoms with E-state index in [1.807, 2.05) is 60.1 Å². The van der Waals surface area contributed by atoms with E-state index in [4.69, 9.17) is 0 Å². The fourth-order valence-corrected chi connectivity index (χ4v) is 3.65. The summed E-state index contributed by atoms with van der Waals surface area (Å²) in [6.45, 7) is 0. The molecule has 4 rings (SSSR count). The highest BCUT2D eigenvalue weighted by molar-refractivity contribution is 7.99. The summed E-state index contributed by atoms with van der Waals surface area (Å²) >= 11 is 1.38.